The molecule has 204 valence electrons. The lowest BCUT2D eigenvalue weighted by Gasteiger charge is -2.25. The van der Waals surface area contributed by atoms with E-state index in [1.54, 1.807) is 30.3 Å². The van der Waals surface area contributed by atoms with Gasteiger partial charge >= 0.3 is 6.18 Å². The standard InChI is InChI=1S/C26H31F3N6O3/c1-25(2,3)24-33-32-23(38-24)17-11-9-16(10-12-17)21(36)30-13-14-31-22(37)19-15-35(18-7-5-4-6-8-18)34-20(19)26(27,28)29/h4-8,15-17H,9-14H2,1-3H3,(H,30,36)(H,31,37). The lowest BCUT2D eigenvalue weighted by atomic mass is 9.81. The Morgan fingerprint density at radius 2 is 1.66 bits per heavy atom. The molecule has 9 nitrogen and oxygen atoms in total. The van der Waals surface area contributed by atoms with Crippen molar-refractivity contribution in [2.45, 2.75) is 64.0 Å². The van der Waals surface area contributed by atoms with Crippen molar-refractivity contribution in [2.75, 3.05) is 13.1 Å². The Morgan fingerprint density at radius 3 is 2.26 bits per heavy atom. The largest absolute Gasteiger partial charge is 0.435 e. The van der Waals surface area contributed by atoms with E-state index in [0.29, 0.717) is 30.3 Å². The van der Waals surface area contributed by atoms with Crippen LogP contribution in [-0.4, -0.2) is 44.9 Å². The smallest absolute Gasteiger partial charge is 0.424 e. The third-order valence-corrected chi connectivity index (χ3v) is 6.49. The zero-order valence-corrected chi connectivity index (χ0v) is 21.5. The highest BCUT2D eigenvalue weighted by molar-refractivity contribution is 5.95. The number of carbonyl (C=O) groups is 2. The van der Waals surface area contributed by atoms with Gasteiger partial charge in [-0.3, -0.25) is 9.59 Å². The number of benzene rings is 1. The Balaban J connectivity index is 1.26. The van der Waals surface area contributed by atoms with Gasteiger partial charge < -0.3 is 15.1 Å². The van der Waals surface area contributed by atoms with Gasteiger partial charge in [0.05, 0.1) is 11.3 Å². The topological polar surface area (TPSA) is 115 Å². The van der Waals surface area contributed by atoms with Gasteiger partial charge in [0.25, 0.3) is 5.91 Å². The van der Waals surface area contributed by atoms with Crippen LogP contribution in [-0.2, 0) is 16.4 Å². The number of nitrogens with zero attached hydrogens (tertiary/aromatic N) is 4. The van der Waals surface area contributed by atoms with Crippen LogP contribution in [0.25, 0.3) is 5.69 Å². The summed E-state index contributed by atoms with van der Waals surface area (Å²) >= 11 is 0. The Bertz CT molecular complexity index is 1260. The quantitative estimate of drug-likeness (QED) is 0.436. The summed E-state index contributed by atoms with van der Waals surface area (Å²) in [5, 5.41) is 17.1. The zero-order valence-electron chi connectivity index (χ0n) is 21.5. The van der Waals surface area contributed by atoms with E-state index in [1.165, 1.54) is 0 Å². The number of amides is 2. The summed E-state index contributed by atoms with van der Waals surface area (Å²) < 4.78 is 47.4. The second-order valence-corrected chi connectivity index (χ2v) is 10.5. The van der Waals surface area contributed by atoms with Gasteiger partial charge in [-0.15, -0.1) is 10.2 Å². The number of nitrogens with one attached hydrogen (secondary N) is 2. The van der Waals surface area contributed by atoms with Crippen molar-refractivity contribution in [3.05, 3.63) is 59.6 Å². The molecule has 1 aromatic carbocycles. The zero-order chi connectivity index (χ0) is 27.5. The third kappa shape index (κ3) is 6.40. The SMILES string of the molecule is CC(C)(C)c1nnc(C2CCC(C(=O)NCCNC(=O)c3cn(-c4ccccc4)nc3C(F)(F)F)CC2)o1. The van der Waals surface area contributed by atoms with E-state index in [2.05, 4.69) is 25.9 Å². The molecule has 0 saturated heterocycles. The van der Waals surface area contributed by atoms with Gasteiger partial charge in [0, 0.05) is 36.5 Å². The van der Waals surface area contributed by atoms with Gasteiger partial charge in [-0.1, -0.05) is 39.0 Å². The van der Waals surface area contributed by atoms with Crippen LogP contribution in [0.5, 0.6) is 0 Å². The van der Waals surface area contributed by atoms with Crippen molar-refractivity contribution in [3.63, 3.8) is 0 Å². The van der Waals surface area contributed by atoms with Crippen molar-refractivity contribution in [2.24, 2.45) is 5.92 Å². The van der Waals surface area contributed by atoms with Crippen LogP contribution in [0.15, 0.2) is 40.9 Å². The number of hydrogen-bond acceptors (Lipinski definition) is 6. The second kappa shape index (κ2) is 11.0. The van der Waals surface area contributed by atoms with E-state index < -0.39 is 23.3 Å². The molecule has 0 radical (unpaired) electrons. The van der Waals surface area contributed by atoms with Gasteiger partial charge in [0.15, 0.2) is 5.69 Å². The fourth-order valence-electron chi connectivity index (χ4n) is 4.37. The lowest BCUT2D eigenvalue weighted by molar-refractivity contribution is -0.141. The minimum absolute atomic E-state index is 0.0225. The number of alkyl halides is 3. The van der Waals surface area contributed by atoms with Crippen molar-refractivity contribution >= 4 is 11.8 Å². The Morgan fingerprint density at radius 1 is 1.00 bits per heavy atom. The number of rotatable bonds is 7. The maximum absolute atomic E-state index is 13.5. The third-order valence-electron chi connectivity index (χ3n) is 6.49. The van der Waals surface area contributed by atoms with E-state index in [-0.39, 0.29) is 36.2 Å². The highest BCUT2D eigenvalue weighted by atomic mass is 19.4. The molecule has 2 heterocycles. The summed E-state index contributed by atoms with van der Waals surface area (Å²) in [7, 11) is 0. The molecule has 1 saturated carbocycles. The maximum Gasteiger partial charge on any atom is 0.435 e. The highest BCUT2D eigenvalue weighted by Gasteiger charge is 2.39. The van der Waals surface area contributed by atoms with Gasteiger partial charge in [0.2, 0.25) is 17.7 Å². The van der Waals surface area contributed by atoms with Crippen LogP contribution in [0.4, 0.5) is 13.2 Å². The first-order valence-corrected chi connectivity index (χ1v) is 12.6. The molecule has 2 N–H and O–H groups in total. The van der Waals surface area contributed by atoms with Crippen LogP contribution in [0.1, 0.15) is 80.2 Å². The first-order chi connectivity index (χ1) is 17.9. The fraction of sp³-hybridized carbons (Fsp3) is 0.500. The van der Waals surface area contributed by atoms with Crippen LogP contribution < -0.4 is 10.6 Å². The monoisotopic (exact) mass is 532 g/mol. The van der Waals surface area contributed by atoms with Gasteiger partial charge in [-0.25, -0.2) is 4.68 Å². The normalized spacial score (nSPS) is 18.3. The fourth-order valence-corrected chi connectivity index (χ4v) is 4.37. The molecule has 1 fully saturated rings. The molecule has 0 atom stereocenters. The number of hydrogen-bond donors (Lipinski definition) is 2. The Labute approximate surface area is 218 Å². The molecule has 38 heavy (non-hydrogen) atoms. The Hall–Kier alpha value is -3.70. The molecule has 0 aliphatic heterocycles. The lowest BCUT2D eigenvalue weighted by Crippen LogP contribution is -2.38. The number of para-hydroxylation sites is 1. The van der Waals surface area contributed by atoms with E-state index in [9.17, 15) is 22.8 Å². The minimum Gasteiger partial charge on any atom is -0.424 e. The van der Waals surface area contributed by atoms with Gasteiger partial charge in [-0.05, 0) is 37.8 Å². The van der Waals surface area contributed by atoms with Crippen LogP contribution >= 0.6 is 0 Å². The summed E-state index contributed by atoms with van der Waals surface area (Å²) in [6.07, 6.45) is -0.945. The molecule has 2 amide bonds. The summed E-state index contributed by atoms with van der Waals surface area (Å²) in [5.74, 6) is 0.0545. The predicted molar refractivity (Wildman–Crippen MR) is 132 cm³/mol. The number of halogens is 3. The molecule has 0 unspecified atom stereocenters. The van der Waals surface area contributed by atoms with Crippen LogP contribution in [0.2, 0.25) is 0 Å². The van der Waals surface area contributed by atoms with Crippen molar-refractivity contribution in [1.29, 1.82) is 0 Å². The maximum atomic E-state index is 13.5. The average Bonchev–Trinajstić information content (AvgIpc) is 3.55. The molecule has 1 aliphatic carbocycles. The minimum atomic E-state index is -4.80. The highest BCUT2D eigenvalue weighted by Crippen LogP contribution is 2.36. The van der Waals surface area contributed by atoms with Gasteiger partial charge in [0.1, 0.15) is 0 Å². The van der Waals surface area contributed by atoms with E-state index in [1.807, 2.05) is 20.8 Å². The molecule has 4 rings (SSSR count). The van der Waals surface area contributed by atoms with Crippen LogP contribution in [0, 0.1) is 5.92 Å². The van der Waals surface area contributed by atoms with Crippen molar-refractivity contribution in [1.82, 2.24) is 30.6 Å². The average molecular weight is 533 g/mol. The van der Waals surface area contributed by atoms with E-state index in [0.717, 1.165) is 23.7 Å². The van der Waals surface area contributed by atoms with Gasteiger partial charge in [-0.2, -0.15) is 18.3 Å². The molecule has 0 spiro atoms. The predicted octanol–water partition coefficient (Wildman–Crippen LogP) is 4.39. The Kier molecular flexibility index (Phi) is 7.89. The first kappa shape index (κ1) is 27.3. The molecular formula is C26H31F3N6O3. The number of carbonyl (C=O) groups excluding carboxylic acids is 2. The summed E-state index contributed by atoms with van der Waals surface area (Å²) in [6, 6.07) is 8.22. The molecule has 2 aromatic heterocycles. The molecule has 3 aromatic rings. The molecular weight excluding hydrogens is 501 g/mol. The van der Waals surface area contributed by atoms with Crippen LogP contribution in [0.3, 0.4) is 0 Å². The second-order valence-electron chi connectivity index (χ2n) is 10.5. The first-order valence-electron chi connectivity index (χ1n) is 12.6. The summed E-state index contributed by atoms with van der Waals surface area (Å²) in [6.45, 7) is 6.07. The number of aromatic nitrogens is 4. The molecule has 1 aliphatic rings. The molecule has 12 heteroatoms. The molecule has 0 bridgehead atoms. The van der Waals surface area contributed by atoms with E-state index in [4.69, 9.17) is 4.42 Å². The summed E-state index contributed by atoms with van der Waals surface area (Å²) in [5.41, 5.74) is -1.68. The van der Waals surface area contributed by atoms with Crippen molar-refractivity contribution in [3.8, 4) is 5.69 Å². The summed E-state index contributed by atoms with van der Waals surface area (Å²) in [4.78, 5) is 25.1. The van der Waals surface area contributed by atoms with E-state index >= 15 is 0 Å². The van der Waals surface area contributed by atoms with Crippen molar-refractivity contribution < 1.29 is 27.2 Å².